The Morgan fingerprint density at radius 2 is 2.07 bits per heavy atom. The van der Waals surface area contributed by atoms with Gasteiger partial charge >= 0.3 is 0 Å². The zero-order valence-corrected chi connectivity index (χ0v) is 8.88. The smallest absolute Gasteiger partial charge is 0.209 e. The van der Waals surface area contributed by atoms with Gasteiger partial charge in [0, 0.05) is 11.3 Å². The molecule has 1 unspecified atom stereocenters. The molecule has 0 spiro atoms. The average Bonchev–Trinajstić information content (AvgIpc) is 2.19. The molecule has 82 valence electrons. The maximum atomic E-state index is 10.1. The fraction of sp³-hybridized carbons (Fsp3) is 0.125. The third-order valence-electron chi connectivity index (χ3n) is 1.55. The normalized spacial score (nSPS) is 13.6. The molecule has 0 radical (unpaired) electrons. The first-order valence-corrected chi connectivity index (χ1v) is 5.17. The van der Waals surface area contributed by atoms with Crippen LogP contribution < -0.4 is 16.0 Å². The summed E-state index contributed by atoms with van der Waals surface area (Å²) in [5.74, 6) is -0.0250. The van der Waals surface area contributed by atoms with Gasteiger partial charge in [-0.1, -0.05) is 17.7 Å². The lowest BCUT2D eigenvalue weighted by molar-refractivity contribution is 0.519. The molecule has 1 rings (SSSR count). The van der Waals surface area contributed by atoms with Crippen LogP contribution in [0.4, 0.5) is 5.69 Å². The summed E-state index contributed by atoms with van der Waals surface area (Å²) in [6, 6.07) is 7.31. The predicted octanol–water partition coefficient (Wildman–Crippen LogP) is -0.170. The topological polar surface area (TPSA) is 103 Å². The van der Waals surface area contributed by atoms with Crippen LogP contribution in [0, 0.1) is 6.92 Å². The Balaban J connectivity index is 2.62. The van der Waals surface area contributed by atoms with Gasteiger partial charge < -0.3 is 10.3 Å². The first kappa shape index (κ1) is 11.6. The highest BCUT2D eigenvalue weighted by Gasteiger charge is 1.92. The summed E-state index contributed by atoms with van der Waals surface area (Å²) in [5, 5.41) is 0. The van der Waals surface area contributed by atoms with E-state index in [1.54, 1.807) is 12.1 Å². The zero-order valence-electron chi connectivity index (χ0n) is 8.06. The zero-order chi connectivity index (χ0) is 11.3. The third-order valence-corrected chi connectivity index (χ3v) is 1.81. The molecular formula is C8H11N4O2S-. The molecule has 0 amide bonds. The molecule has 1 aromatic rings. The second-order valence-corrected chi connectivity index (χ2v) is 3.47. The van der Waals surface area contributed by atoms with Crippen molar-refractivity contribution in [3.05, 3.63) is 29.8 Å². The van der Waals surface area contributed by atoms with E-state index in [0.29, 0.717) is 5.69 Å². The standard InChI is InChI=1S/C8H12N4O2S/c1-6-2-4-7(5-3-6)10-8(9)11-12-15(13)14/h2-5,12H,1H3,(H,13,14)(H3,9,10,11)/p-1. The van der Waals surface area contributed by atoms with E-state index in [4.69, 9.17) is 5.73 Å². The van der Waals surface area contributed by atoms with Gasteiger partial charge in [-0.15, -0.1) is 0 Å². The van der Waals surface area contributed by atoms with E-state index in [0.717, 1.165) is 5.56 Å². The minimum Gasteiger partial charge on any atom is -0.759 e. The largest absolute Gasteiger partial charge is 0.759 e. The maximum Gasteiger partial charge on any atom is 0.209 e. The molecule has 0 heterocycles. The van der Waals surface area contributed by atoms with Crippen LogP contribution in [0.1, 0.15) is 5.56 Å². The van der Waals surface area contributed by atoms with Crippen LogP contribution in [0.2, 0.25) is 0 Å². The summed E-state index contributed by atoms with van der Waals surface area (Å²) in [7, 11) is 0. The second-order valence-electron chi connectivity index (χ2n) is 2.79. The molecular weight excluding hydrogens is 216 g/mol. The van der Waals surface area contributed by atoms with Crippen molar-refractivity contribution in [2.45, 2.75) is 6.92 Å². The molecule has 0 aromatic heterocycles. The minimum absolute atomic E-state index is 0.0250. The highest BCUT2D eigenvalue weighted by atomic mass is 32.2. The fourth-order valence-electron chi connectivity index (χ4n) is 0.880. The number of hydrogen-bond donors (Lipinski definition) is 3. The number of benzene rings is 1. The number of rotatable bonds is 3. The van der Waals surface area contributed by atoms with E-state index in [-0.39, 0.29) is 5.96 Å². The van der Waals surface area contributed by atoms with Crippen molar-refractivity contribution >= 4 is 22.9 Å². The van der Waals surface area contributed by atoms with Crippen molar-refractivity contribution in [2.75, 3.05) is 0 Å². The average molecular weight is 227 g/mol. The van der Waals surface area contributed by atoms with Crippen molar-refractivity contribution in [1.82, 2.24) is 10.3 Å². The van der Waals surface area contributed by atoms with Gasteiger partial charge in [0.2, 0.25) is 5.96 Å². The van der Waals surface area contributed by atoms with Crippen molar-refractivity contribution in [1.29, 1.82) is 0 Å². The molecule has 1 atom stereocenters. The molecule has 0 aliphatic carbocycles. The van der Waals surface area contributed by atoms with E-state index in [1.807, 2.05) is 23.9 Å². The highest BCUT2D eigenvalue weighted by molar-refractivity contribution is 7.77. The molecule has 0 saturated carbocycles. The quantitative estimate of drug-likeness (QED) is 0.289. The Morgan fingerprint density at radius 3 is 2.60 bits per heavy atom. The van der Waals surface area contributed by atoms with Gasteiger partial charge in [-0.2, -0.15) is 4.83 Å². The first-order valence-electron chi connectivity index (χ1n) is 4.09. The first-order chi connectivity index (χ1) is 7.08. The molecule has 0 fully saturated rings. The van der Waals surface area contributed by atoms with Gasteiger partial charge in [-0.3, -0.25) is 9.63 Å². The Labute approximate surface area is 90.0 Å². The van der Waals surface area contributed by atoms with E-state index >= 15 is 0 Å². The third kappa shape index (κ3) is 4.54. The van der Waals surface area contributed by atoms with Crippen molar-refractivity contribution < 1.29 is 8.76 Å². The summed E-state index contributed by atoms with van der Waals surface area (Å²) in [4.78, 5) is 5.81. The van der Waals surface area contributed by atoms with Crippen LogP contribution in [0.5, 0.6) is 0 Å². The van der Waals surface area contributed by atoms with Crippen LogP contribution in [0.3, 0.4) is 0 Å². The number of nitrogens with one attached hydrogen (secondary N) is 2. The predicted molar refractivity (Wildman–Crippen MR) is 57.7 cm³/mol. The monoisotopic (exact) mass is 227 g/mol. The van der Waals surface area contributed by atoms with Crippen molar-refractivity contribution in [2.24, 2.45) is 10.7 Å². The number of nitrogens with zero attached hydrogens (tertiary/aromatic N) is 1. The van der Waals surface area contributed by atoms with Crippen LogP contribution in [-0.4, -0.2) is 14.7 Å². The van der Waals surface area contributed by atoms with Gasteiger partial charge in [0.15, 0.2) is 0 Å². The summed E-state index contributed by atoms with van der Waals surface area (Å²) < 4.78 is 20.2. The van der Waals surface area contributed by atoms with Crippen LogP contribution in [0.25, 0.3) is 0 Å². The number of nitrogens with two attached hydrogens (primary N) is 1. The lowest BCUT2D eigenvalue weighted by Crippen LogP contribution is -2.42. The van der Waals surface area contributed by atoms with Gasteiger partial charge in [-0.25, -0.2) is 4.99 Å². The van der Waals surface area contributed by atoms with Crippen molar-refractivity contribution in [3.63, 3.8) is 0 Å². The second kappa shape index (κ2) is 5.44. The molecule has 4 N–H and O–H groups in total. The van der Waals surface area contributed by atoms with E-state index in [1.165, 1.54) is 0 Å². The van der Waals surface area contributed by atoms with Crippen molar-refractivity contribution in [3.8, 4) is 0 Å². The SMILES string of the molecule is Cc1ccc(N=C(N)NNS(=O)[O-])cc1. The minimum atomic E-state index is -2.42. The molecule has 1 aromatic carbocycles. The summed E-state index contributed by atoms with van der Waals surface area (Å²) in [6.07, 6.45) is 0. The lowest BCUT2D eigenvalue weighted by Gasteiger charge is -2.08. The molecule has 0 aliphatic heterocycles. The number of aryl methyl sites for hydroxylation is 1. The Morgan fingerprint density at radius 1 is 1.47 bits per heavy atom. The van der Waals surface area contributed by atoms with Crippen LogP contribution in [-0.2, 0) is 11.3 Å². The van der Waals surface area contributed by atoms with E-state index in [2.05, 4.69) is 10.4 Å². The highest BCUT2D eigenvalue weighted by Crippen LogP contribution is 2.11. The Bertz CT molecular complexity index is 377. The molecule has 0 saturated heterocycles. The summed E-state index contributed by atoms with van der Waals surface area (Å²) in [6.45, 7) is 1.96. The number of hydrazine groups is 1. The van der Waals surface area contributed by atoms with Gasteiger partial charge in [-0.05, 0) is 19.1 Å². The van der Waals surface area contributed by atoms with Crippen LogP contribution >= 0.6 is 0 Å². The van der Waals surface area contributed by atoms with E-state index < -0.39 is 11.3 Å². The number of hydrogen-bond acceptors (Lipinski definition) is 3. The molecule has 6 nitrogen and oxygen atoms in total. The fourth-order valence-corrected chi connectivity index (χ4v) is 1.07. The molecule has 15 heavy (non-hydrogen) atoms. The Hall–Kier alpha value is -1.44. The summed E-state index contributed by atoms with van der Waals surface area (Å²) in [5.41, 5.74) is 9.36. The van der Waals surface area contributed by atoms with Crippen LogP contribution in [0.15, 0.2) is 29.3 Å². The van der Waals surface area contributed by atoms with Gasteiger partial charge in [0.1, 0.15) is 0 Å². The Kier molecular flexibility index (Phi) is 4.22. The molecule has 7 heteroatoms. The van der Waals surface area contributed by atoms with Gasteiger partial charge in [0.05, 0.1) is 5.69 Å². The molecule has 0 bridgehead atoms. The summed E-state index contributed by atoms with van der Waals surface area (Å²) >= 11 is -2.42. The van der Waals surface area contributed by atoms with E-state index in [9.17, 15) is 8.76 Å². The lowest BCUT2D eigenvalue weighted by atomic mass is 10.2. The number of guanidine groups is 1. The maximum absolute atomic E-state index is 10.1. The number of aliphatic imine (C=N–C) groups is 1. The van der Waals surface area contributed by atoms with Gasteiger partial charge in [0.25, 0.3) is 0 Å². The molecule has 0 aliphatic rings.